The SMILES string of the molecule is CCCC/C=C\CCCCCC(O)CC(=O)NC(CO)C(O)CCCCCCCCCCCCCCCCCC. The van der Waals surface area contributed by atoms with E-state index >= 15 is 0 Å². The molecule has 0 rings (SSSR count). The summed E-state index contributed by atoms with van der Waals surface area (Å²) in [6, 6.07) is -0.657. The lowest BCUT2D eigenvalue weighted by Crippen LogP contribution is -2.46. The van der Waals surface area contributed by atoms with E-state index in [4.69, 9.17) is 0 Å². The van der Waals surface area contributed by atoms with E-state index in [1.54, 1.807) is 0 Å². The lowest BCUT2D eigenvalue weighted by molar-refractivity contribution is -0.125. The third-order valence-corrected chi connectivity index (χ3v) is 8.08. The summed E-state index contributed by atoms with van der Waals surface area (Å²) in [5, 5.41) is 33.1. The number of unbranched alkanes of at least 4 members (excludes halogenated alkanes) is 20. The molecule has 1 amide bonds. The molecule has 0 spiro atoms. The van der Waals surface area contributed by atoms with Gasteiger partial charge >= 0.3 is 0 Å². The summed E-state index contributed by atoms with van der Waals surface area (Å²) < 4.78 is 0. The molecule has 0 radical (unpaired) electrons. The van der Waals surface area contributed by atoms with E-state index in [9.17, 15) is 20.1 Å². The quantitative estimate of drug-likeness (QED) is 0.0497. The zero-order valence-electron chi connectivity index (χ0n) is 26.7. The Morgan fingerprint density at radius 2 is 1.02 bits per heavy atom. The Balaban J connectivity index is 3.67. The van der Waals surface area contributed by atoms with Gasteiger partial charge in [-0.15, -0.1) is 0 Å². The Labute approximate surface area is 249 Å². The number of amides is 1. The molecule has 0 aliphatic carbocycles. The summed E-state index contributed by atoms with van der Waals surface area (Å²) in [7, 11) is 0. The number of carbonyl (C=O) groups excluding carboxylic acids is 1. The van der Waals surface area contributed by atoms with Gasteiger partial charge in [0.15, 0.2) is 0 Å². The Kier molecular flexibility index (Phi) is 30.3. The highest BCUT2D eigenvalue weighted by Crippen LogP contribution is 2.15. The Bertz CT molecular complexity index is 554. The summed E-state index contributed by atoms with van der Waals surface area (Å²) in [5.41, 5.74) is 0. The van der Waals surface area contributed by atoms with Crippen molar-refractivity contribution in [2.45, 2.75) is 199 Å². The first-order valence-corrected chi connectivity index (χ1v) is 17.5. The molecule has 5 nitrogen and oxygen atoms in total. The average Bonchev–Trinajstić information content (AvgIpc) is 2.94. The maximum atomic E-state index is 12.3. The Hall–Kier alpha value is -0.910. The Morgan fingerprint density at radius 3 is 1.52 bits per heavy atom. The first-order valence-electron chi connectivity index (χ1n) is 17.5. The van der Waals surface area contributed by atoms with Gasteiger partial charge in [0.2, 0.25) is 5.91 Å². The first-order chi connectivity index (χ1) is 19.5. The van der Waals surface area contributed by atoms with Gasteiger partial charge in [0.05, 0.1) is 31.3 Å². The van der Waals surface area contributed by atoms with Crippen LogP contribution in [0.25, 0.3) is 0 Å². The third-order valence-electron chi connectivity index (χ3n) is 8.08. The van der Waals surface area contributed by atoms with E-state index in [1.807, 2.05) is 0 Å². The van der Waals surface area contributed by atoms with Crippen molar-refractivity contribution >= 4 is 5.91 Å². The van der Waals surface area contributed by atoms with Crippen LogP contribution in [-0.4, -0.2) is 46.1 Å². The molecule has 0 saturated carbocycles. The van der Waals surface area contributed by atoms with Crippen molar-refractivity contribution in [2.24, 2.45) is 0 Å². The second-order valence-corrected chi connectivity index (χ2v) is 12.1. The molecular formula is C35H69NO4. The van der Waals surface area contributed by atoms with Crippen LogP contribution in [0.1, 0.15) is 181 Å². The highest BCUT2D eigenvalue weighted by molar-refractivity contribution is 5.76. The number of hydrogen-bond acceptors (Lipinski definition) is 4. The fraction of sp³-hybridized carbons (Fsp3) is 0.914. The van der Waals surface area contributed by atoms with Gasteiger partial charge in [-0.1, -0.05) is 154 Å². The van der Waals surface area contributed by atoms with Crippen molar-refractivity contribution in [3.8, 4) is 0 Å². The fourth-order valence-electron chi connectivity index (χ4n) is 5.32. The van der Waals surface area contributed by atoms with Gasteiger partial charge in [0.25, 0.3) is 0 Å². The predicted molar refractivity (Wildman–Crippen MR) is 172 cm³/mol. The molecule has 0 fully saturated rings. The average molecular weight is 568 g/mol. The predicted octanol–water partition coefficient (Wildman–Crippen LogP) is 8.92. The second kappa shape index (κ2) is 31.0. The van der Waals surface area contributed by atoms with Crippen LogP contribution < -0.4 is 5.32 Å². The number of carbonyl (C=O) groups is 1. The molecule has 0 aliphatic heterocycles. The van der Waals surface area contributed by atoms with Crippen molar-refractivity contribution < 1.29 is 20.1 Å². The number of aliphatic hydroxyl groups is 3. The largest absolute Gasteiger partial charge is 0.394 e. The summed E-state index contributed by atoms with van der Waals surface area (Å²) in [6.45, 7) is 4.19. The van der Waals surface area contributed by atoms with Gasteiger partial charge < -0.3 is 20.6 Å². The van der Waals surface area contributed by atoms with Crippen LogP contribution in [-0.2, 0) is 4.79 Å². The fourth-order valence-corrected chi connectivity index (χ4v) is 5.32. The van der Waals surface area contributed by atoms with Crippen LogP contribution in [0.2, 0.25) is 0 Å². The first kappa shape index (κ1) is 39.1. The zero-order valence-corrected chi connectivity index (χ0v) is 26.7. The van der Waals surface area contributed by atoms with Crippen molar-refractivity contribution in [1.82, 2.24) is 5.32 Å². The lowest BCUT2D eigenvalue weighted by Gasteiger charge is -2.23. The summed E-state index contributed by atoms with van der Waals surface area (Å²) in [6.07, 6.45) is 33.1. The van der Waals surface area contributed by atoms with Crippen molar-refractivity contribution in [1.29, 1.82) is 0 Å². The maximum Gasteiger partial charge on any atom is 0.222 e. The molecule has 3 atom stereocenters. The number of aliphatic hydroxyl groups excluding tert-OH is 3. The number of rotatable bonds is 31. The number of nitrogens with one attached hydrogen (secondary N) is 1. The molecule has 5 heteroatoms. The molecule has 40 heavy (non-hydrogen) atoms. The molecule has 0 bridgehead atoms. The minimum absolute atomic E-state index is 0.0270. The standard InChI is InChI=1S/C35H69NO4/c1-3-5-7-9-11-13-14-15-16-17-18-19-21-23-25-27-29-34(39)33(31-37)36-35(40)30-32(38)28-26-24-22-20-12-10-8-6-4-2/h10,12,32-34,37-39H,3-9,11,13-31H2,1-2H3,(H,36,40)/b12-10-. The normalized spacial score (nSPS) is 14.0. The molecule has 238 valence electrons. The minimum Gasteiger partial charge on any atom is -0.394 e. The summed E-state index contributed by atoms with van der Waals surface area (Å²) in [4.78, 5) is 12.3. The second-order valence-electron chi connectivity index (χ2n) is 12.1. The Morgan fingerprint density at radius 1 is 0.600 bits per heavy atom. The molecule has 0 aromatic heterocycles. The van der Waals surface area contributed by atoms with Crippen molar-refractivity contribution in [2.75, 3.05) is 6.61 Å². The van der Waals surface area contributed by atoms with E-state index in [0.29, 0.717) is 12.8 Å². The van der Waals surface area contributed by atoms with Crippen molar-refractivity contribution in [3.63, 3.8) is 0 Å². The van der Waals surface area contributed by atoms with E-state index in [2.05, 4.69) is 31.3 Å². The van der Waals surface area contributed by atoms with E-state index < -0.39 is 18.2 Å². The number of allylic oxidation sites excluding steroid dienone is 2. The molecule has 0 saturated heterocycles. The smallest absolute Gasteiger partial charge is 0.222 e. The van der Waals surface area contributed by atoms with E-state index in [-0.39, 0.29) is 18.9 Å². The van der Waals surface area contributed by atoms with Gasteiger partial charge in [-0.3, -0.25) is 4.79 Å². The molecule has 4 N–H and O–H groups in total. The number of hydrogen-bond donors (Lipinski definition) is 4. The molecule has 0 aromatic carbocycles. The topological polar surface area (TPSA) is 89.8 Å². The summed E-state index contributed by atoms with van der Waals surface area (Å²) in [5.74, 6) is -0.295. The van der Waals surface area contributed by atoms with Gasteiger partial charge in [-0.2, -0.15) is 0 Å². The molecule has 0 aliphatic rings. The molecular weight excluding hydrogens is 498 g/mol. The van der Waals surface area contributed by atoms with E-state index in [1.165, 1.54) is 103 Å². The van der Waals surface area contributed by atoms with Crippen LogP contribution in [0.3, 0.4) is 0 Å². The highest BCUT2D eigenvalue weighted by atomic mass is 16.3. The van der Waals surface area contributed by atoms with Crippen LogP contribution in [0, 0.1) is 0 Å². The van der Waals surface area contributed by atoms with Gasteiger partial charge in [0.1, 0.15) is 0 Å². The van der Waals surface area contributed by atoms with Crippen LogP contribution in [0.15, 0.2) is 12.2 Å². The van der Waals surface area contributed by atoms with Gasteiger partial charge in [-0.05, 0) is 32.1 Å². The highest BCUT2D eigenvalue weighted by Gasteiger charge is 2.21. The van der Waals surface area contributed by atoms with Crippen LogP contribution in [0.4, 0.5) is 0 Å². The minimum atomic E-state index is -0.747. The molecule has 0 aromatic rings. The molecule has 0 heterocycles. The van der Waals surface area contributed by atoms with E-state index in [0.717, 1.165) is 44.9 Å². The van der Waals surface area contributed by atoms with Crippen LogP contribution >= 0.6 is 0 Å². The van der Waals surface area contributed by atoms with Gasteiger partial charge in [0, 0.05) is 0 Å². The third kappa shape index (κ3) is 27.3. The molecule has 3 unspecified atom stereocenters. The zero-order chi connectivity index (χ0) is 29.5. The van der Waals surface area contributed by atoms with Crippen LogP contribution in [0.5, 0.6) is 0 Å². The van der Waals surface area contributed by atoms with Gasteiger partial charge in [-0.25, -0.2) is 0 Å². The summed E-state index contributed by atoms with van der Waals surface area (Å²) >= 11 is 0. The monoisotopic (exact) mass is 568 g/mol. The maximum absolute atomic E-state index is 12.3. The lowest BCUT2D eigenvalue weighted by atomic mass is 10.0. The van der Waals surface area contributed by atoms with Crippen molar-refractivity contribution in [3.05, 3.63) is 12.2 Å².